The maximum absolute atomic E-state index is 10.6. The minimum Gasteiger partial charge on any atom is -0.451 e. The number of aryl methyl sites for hydroxylation is 1. The molecule has 0 bridgehead atoms. The van der Waals surface area contributed by atoms with E-state index in [4.69, 9.17) is 11.2 Å². The smallest absolute Gasteiger partial charge is 0.384 e. The lowest BCUT2D eigenvalue weighted by Gasteiger charge is -2.01. The molecule has 0 aliphatic carbocycles. The molecule has 0 atom stereocenters. The van der Waals surface area contributed by atoms with Crippen molar-refractivity contribution in [2.45, 2.75) is 13.5 Å². The van der Waals surface area contributed by atoms with Crippen molar-refractivity contribution in [3.05, 3.63) is 35.4 Å². The minimum absolute atomic E-state index is 0.241. The summed E-state index contributed by atoms with van der Waals surface area (Å²) in [6.07, 6.45) is 4.84. The summed E-state index contributed by atoms with van der Waals surface area (Å²) in [7, 11) is 0. The molecule has 0 amide bonds. The summed E-state index contributed by atoms with van der Waals surface area (Å²) in [4.78, 5) is 10.6. The van der Waals surface area contributed by atoms with Crippen LogP contribution >= 0.6 is 0 Å². The molecule has 0 unspecified atom stereocenters. The maximum Gasteiger partial charge on any atom is 0.384 e. The van der Waals surface area contributed by atoms with Crippen LogP contribution in [0.15, 0.2) is 24.3 Å². The van der Waals surface area contributed by atoms with Crippen LogP contribution in [0, 0.1) is 19.3 Å². The van der Waals surface area contributed by atoms with E-state index >= 15 is 0 Å². The Morgan fingerprint density at radius 3 is 3.00 bits per heavy atom. The van der Waals surface area contributed by atoms with Gasteiger partial charge in [-0.1, -0.05) is 29.8 Å². The van der Waals surface area contributed by atoms with E-state index < -0.39 is 5.97 Å². The van der Waals surface area contributed by atoms with Gasteiger partial charge in [-0.3, -0.25) is 0 Å². The summed E-state index contributed by atoms with van der Waals surface area (Å²) in [6, 6.07) is 7.72. The van der Waals surface area contributed by atoms with E-state index in [0.717, 1.165) is 11.1 Å². The number of terminal acetylenes is 1. The summed E-state index contributed by atoms with van der Waals surface area (Å²) in [5.74, 6) is 1.27. The Balaban J connectivity index is 2.56. The zero-order valence-corrected chi connectivity index (χ0v) is 7.41. The Kier molecular flexibility index (Phi) is 3.10. The van der Waals surface area contributed by atoms with Gasteiger partial charge in [0.2, 0.25) is 0 Å². The third-order valence-corrected chi connectivity index (χ3v) is 1.57. The molecule has 0 N–H and O–H groups in total. The molecule has 0 fully saturated rings. The van der Waals surface area contributed by atoms with Crippen molar-refractivity contribution in [2.24, 2.45) is 0 Å². The predicted molar refractivity (Wildman–Crippen MR) is 49.8 cm³/mol. The van der Waals surface area contributed by atoms with Gasteiger partial charge in [-0.25, -0.2) is 4.79 Å². The van der Waals surface area contributed by atoms with Gasteiger partial charge in [0, 0.05) is 5.92 Å². The average Bonchev–Trinajstić information content (AvgIpc) is 2.14. The first kappa shape index (κ1) is 9.34. The first-order valence-corrected chi connectivity index (χ1v) is 3.91. The van der Waals surface area contributed by atoms with Crippen LogP contribution in [0.3, 0.4) is 0 Å². The Hall–Kier alpha value is -1.75. The lowest BCUT2D eigenvalue weighted by atomic mass is 10.1. The van der Waals surface area contributed by atoms with Crippen molar-refractivity contribution in [3.63, 3.8) is 0 Å². The number of carbonyl (C=O) groups is 1. The molecular weight excluding hydrogens is 164 g/mol. The van der Waals surface area contributed by atoms with Crippen LogP contribution in [0.25, 0.3) is 0 Å². The summed E-state index contributed by atoms with van der Waals surface area (Å²) in [5, 5.41) is 0. The van der Waals surface area contributed by atoms with Gasteiger partial charge in [0.15, 0.2) is 0 Å². The highest BCUT2D eigenvalue weighted by molar-refractivity contribution is 5.87. The van der Waals surface area contributed by atoms with Crippen molar-refractivity contribution in [2.75, 3.05) is 0 Å². The molecule has 2 heteroatoms. The Morgan fingerprint density at radius 1 is 1.62 bits per heavy atom. The summed E-state index contributed by atoms with van der Waals surface area (Å²) < 4.78 is 4.76. The quantitative estimate of drug-likeness (QED) is 0.387. The van der Waals surface area contributed by atoms with E-state index in [1.807, 2.05) is 37.1 Å². The maximum atomic E-state index is 10.6. The fourth-order valence-electron chi connectivity index (χ4n) is 0.992. The third kappa shape index (κ3) is 3.00. The standard InChI is InChI=1S/C11H10O2/c1-3-11(12)13-8-10-6-4-5-9(2)7-10/h1,4-7H,8H2,2H3. The van der Waals surface area contributed by atoms with Gasteiger partial charge < -0.3 is 4.74 Å². The molecule has 0 saturated heterocycles. The van der Waals surface area contributed by atoms with Crippen LogP contribution in [-0.2, 0) is 16.1 Å². The highest BCUT2D eigenvalue weighted by Crippen LogP contribution is 2.04. The molecule has 66 valence electrons. The topological polar surface area (TPSA) is 26.3 Å². The fourth-order valence-corrected chi connectivity index (χ4v) is 0.992. The monoisotopic (exact) mass is 174 g/mol. The zero-order valence-electron chi connectivity index (χ0n) is 7.41. The summed E-state index contributed by atoms with van der Waals surface area (Å²) >= 11 is 0. The molecule has 0 aliphatic heterocycles. The van der Waals surface area contributed by atoms with Crippen LogP contribution in [0.1, 0.15) is 11.1 Å². The van der Waals surface area contributed by atoms with Crippen LogP contribution in [0.4, 0.5) is 0 Å². The lowest BCUT2D eigenvalue weighted by Crippen LogP contribution is -2.00. The number of esters is 1. The molecule has 1 aromatic rings. The number of hydrogen-bond donors (Lipinski definition) is 0. The molecule has 0 aromatic heterocycles. The molecule has 0 saturated carbocycles. The highest BCUT2D eigenvalue weighted by atomic mass is 16.5. The Morgan fingerprint density at radius 2 is 2.38 bits per heavy atom. The van der Waals surface area contributed by atoms with Crippen molar-refractivity contribution >= 4 is 5.97 Å². The van der Waals surface area contributed by atoms with E-state index in [0.29, 0.717) is 0 Å². The largest absolute Gasteiger partial charge is 0.451 e. The normalized spacial score (nSPS) is 8.92. The van der Waals surface area contributed by atoms with E-state index in [1.165, 1.54) is 0 Å². The van der Waals surface area contributed by atoms with Crippen molar-refractivity contribution < 1.29 is 9.53 Å². The predicted octanol–water partition coefficient (Wildman–Crippen LogP) is 1.67. The number of rotatable bonds is 2. The molecule has 2 nitrogen and oxygen atoms in total. The van der Waals surface area contributed by atoms with E-state index in [2.05, 4.69) is 0 Å². The summed E-state index contributed by atoms with van der Waals surface area (Å²) in [5.41, 5.74) is 2.08. The van der Waals surface area contributed by atoms with Crippen LogP contribution in [-0.4, -0.2) is 5.97 Å². The molecule has 0 aliphatic rings. The van der Waals surface area contributed by atoms with Gasteiger partial charge in [-0.2, -0.15) is 0 Å². The molecular formula is C11H10O2. The van der Waals surface area contributed by atoms with Gasteiger partial charge in [0.25, 0.3) is 0 Å². The molecule has 1 rings (SSSR count). The third-order valence-electron chi connectivity index (χ3n) is 1.57. The van der Waals surface area contributed by atoms with E-state index in [1.54, 1.807) is 0 Å². The van der Waals surface area contributed by atoms with Crippen molar-refractivity contribution in [1.82, 2.24) is 0 Å². The van der Waals surface area contributed by atoms with Gasteiger partial charge in [-0.15, -0.1) is 6.42 Å². The first-order valence-electron chi connectivity index (χ1n) is 3.91. The Bertz CT molecular complexity index is 347. The van der Waals surface area contributed by atoms with Gasteiger partial charge in [-0.05, 0) is 12.5 Å². The van der Waals surface area contributed by atoms with E-state index in [9.17, 15) is 4.79 Å². The Labute approximate surface area is 77.5 Å². The second-order valence-electron chi connectivity index (χ2n) is 2.71. The highest BCUT2D eigenvalue weighted by Gasteiger charge is 1.97. The molecule has 0 heterocycles. The average molecular weight is 174 g/mol. The van der Waals surface area contributed by atoms with Crippen molar-refractivity contribution in [3.8, 4) is 12.3 Å². The molecule has 0 radical (unpaired) electrons. The second-order valence-corrected chi connectivity index (χ2v) is 2.71. The molecule has 1 aromatic carbocycles. The minimum atomic E-state index is -0.624. The van der Waals surface area contributed by atoms with Crippen LogP contribution < -0.4 is 0 Å². The zero-order chi connectivity index (χ0) is 9.68. The second kappa shape index (κ2) is 4.32. The first-order chi connectivity index (χ1) is 6.22. The lowest BCUT2D eigenvalue weighted by molar-refractivity contribution is -0.137. The van der Waals surface area contributed by atoms with Crippen LogP contribution in [0.5, 0.6) is 0 Å². The van der Waals surface area contributed by atoms with Crippen LogP contribution in [0.2, 0.25) is 0 Å². The van der Waals surface area contributed by atoms with Gasteiger partial charge in [0.1, 0.15) is 6.61 Å². The molecule has 0 spiro atoms. The number of hydrogen-bond acceptors (Lipinski definition) is 2. The number of benzene rings is 1. The van der Waals surface area contributed by atoms with Gasteiger partial charge >= 0.3 is 5.97 Å². The number of carbonyl (C=O) groups excluding carboxylic acids is 1. The van der Waals surface area contributed by atoms with E-state index in [-0.39, 0.29) is 6.61 Å². The number of ether oxygens (including phenoxy) is 1. The van der Waals surface area contributed by atoms with Crippen molar-refractivity contribution in [1.29, 1.82) is 0 Å². The molecule has 13 heavy (non-hydrogen) atoms. The fraction of sp³-hybridized carbons (Fsp3) is 0.182. The SMILES string of the molecule is C#CC(=O)OCc1cccc(C)c1. The van der Waals surface area contributed by atoms with Gasteiger partial charge in [0.05, 0.1) is 0 Å². The summed E-state index contributed by atoms with van der Waals surface area (Å²) in [6.45, 7) is 2.22.